The summed E-state index contributed by atoms with van der Waals surface area (Å²) in [5.74, 6) is 2.71. The smallest absolute Gasteiger partial charge is 0.146 e. The van der Waals surface area contributed by atoms with Gasteiger partial charge in [0.05, 0.1) is 55.8 Å². The summed E-state index contributed by atoms with van der Waals surface area (Å²) in [5, 5.41) is 2.13. The van der Waals surface area contributed by atoms with Gasteiger partial charge in [-0.2, -0.15) is 17.5 Å². The summed E-state index contributed by atoms with van der Waals surface area (Å²) in [5.41, 5.74) is 7.16. The molecule has 8 nitrogen and oxygen atoms in total. The average Bonchev–Trinajstić information content (AvgIpc) is 4.53. The summed E-state index contributed by atoms with van der Waals surface area (Å²) in [4.78, 5) is 22.9. The number of aryl methyl sites for hydroxylation is 2. The van der Waals surface area contributed by atoms with E-state index in [2.05, 4.69) is 102 Å². The van der Waals surface area contributed by atoms with E-state index >= 15 is 0 Å². The molecule has 16 heteroatoms. The molecular formula is C64H72N6O2S8. The molecule has 0 fully saturated rings. The lowest BCUT2D eigenvalue weighted by Crippen LogP contribution is -2.12. The van der Waals surface area contributed by atoms with Crippen LogP contribution in [0.2, 0.25) is 0 Å². The molecule has 80 heavy (non-hydrogen) atoms. The van der Waals surface area contributed by atoms with Gasteiger partial charge in [-0.05, 0) is 111 Å². The van der Waals surface area contributed by atoms with Crippen molar-refractivity contribution in [2.24, 2.45) is 11.8 Å². The second kappa shape index (κ2) is 27.3. The molecule has 11 aromatic rings. The highest BCUT2D eigenvalue weighted by Crippen LogP contribution is 2.54. The Morgan fingerprint density at radius 3 is 1.23 bits per heavy atom. The van der Waals surface area contributed by atoms with Crippen molar-refractivity contribution in [2.75, 3.05) is 13.2 Å². The Bertz CT molecular complexity index is 3490. The number of hydrogen-bond acceptors (Lipinski definition) is 16. The highest BCUT2D eigenvalue weighted by atomic mass is 32.1. The Kier molecular flexibility index (Phi) is 19.5. The molecule has 2 atom stereocenters. The molecule has 0 amide bonds. The molecular weight excluding hydrogens is 1140 g/mol. The lowest BCUT2D eigenvalue weighted by atomic mass is 10.0. The zero-order chi connectivity index (χ0) is 55.0. The Morgan fingerprint density at radius 1 is 0.400 bits per heavy atom. The molecule has 10 heterocycles. The van der Waals surface area contributed by atoms with Gasteiger partial charge in [0, 0.05) is 73.3 Å². The van der Waals surface area contributed by atoms with Gasteiger partial charge in [0.2, 0.25) is 0 Å². The summed E-state index contributed by atoms with van der Waals surface area (Å²) in [6.45, 7) is 15.0. The first-order chi connectivity index (χ1) is 39.4. The van der Waals surface area contributed by atoms with Gasteiger partial charge in [-0.25, -0.2) is 0 Å². The van der Waals surface area contributed by atoms with Gasteiger partial charge < -0.3 is 9.47 Å². The highest BCUT2D eigenvalue weighted by molar-refractivity contribution is 7.25. The summed E-state index contributed by atoms with van der Waals surface area (Å²) in [7, 11) is 0. The number of aromatic nitrogens is 6. The minimum Gasteiger partial charge on any atom is -0.491 e. The van der Waals surface area contributed by atoms with Gasteiger partial charge >= 0.3 is 0 Å². The van der Waals surface area contributed by atoms with Gasteiger partial charge in [-0.15, -0.1) is 68.0 Å². The van der Waals surface area contributed by atoms with E-state index in [0.717, 1.165) is 134 Å². The maximum atomic E-state index is 7.26. The topological polar surface area (TPSA) is 95.8 Å². The molecule has 0 radical (unpaired) electrons. The van der Waals surface area contributed by atoms with Crippen LogP contribution >= 0.6 is 91.5 Å². The quantitative estimate of drug-likeness (QED) is 0.0411. The summed E-state index contributed by atoms with van der Waals surface area (Å²) in [6.07, 6.45) is 25.7. The molecule has 0 N–H and O–H groups in total. The molecule has 0 saturated carbocycles. The van der Waals surface area contributed by atoms with Gasteiger partial charge in [-0.3, -0.25) is 9.97 Å². The summed E-state index contributed by atoms with van der Waals surface area (Å²) in [6, 6.07) is 22.7. The summed E-state index contributed by atoms with van der Waals surface area (Å²) >= 11 is 13.5. The monoisotopic (exact) mass is 1210 g/mol. The Labute approximate surface area is 504 Å². The first-order valence-corrected chi connectivity index (χ1v) is 35.7. The maximum absolute atomic E-state index is 7.26. The first-order valence-electron chi connectivity index (χ1n) is 29.3. The van der Waals surface area contributed by atoms with Crippen LogP contribution in [0.25, 0.3) is 104 Å². The molecule has 1 aromatic carbocycles. The van der Waals surface area contributed by atoms with Gasteiger partial charge in [-0.1, -0.05) is 119 Å². The van der Waals surface area contributed by atoms with E-state index in [-0.39, 0.29) is 0 Å². The van der Waals surface area contributed by atoms with Crippen molar-refractivity contribution in [3.05, 3.63) is 82.8 Å². The maximum Gasteiger partial charge on any atom is 0.146 e. The average molecular weight is 1210 g/mol. The van der Waals surface area contributed by atoms with Crippen LogP contribution in [-0.4, -0.2) is 40.7 Å². The van der Waals surface area contributed by atoms with Crippen LogP contribution in [0.3, 0.4) is 0 Å². The lowest BCUT2D eigenvalue weighted by molar-refractivity contribution is 0.235. The fourth-order valence-electron chi connectivity index (χ4n) is 10.7. The molecule has 10 aromatic heterocycles. The number of pyridine rings is 2. The van der Waals surface area contributed by atoms with Crippen molar-refractivity contribution < 1.29 is 9.47 Å². The number of fused-ring (bicyclic) bond motifs is 4. The van der Waals surface area contributed by atoms with Gasteiger partial charge in [0.15, 0.2) is 0 Å². The van der Waals surface area contributed by atoms with Crippen LogP contribution in [0, 0.1) is 11.8 Å². The van der Waals surface area contributed by atoms with Crippen LogP contribution < -0.4 is 9.47 Å². The molecule has 0 bridgehead atoms. The zero-order valence-electron chi connectivity index (χ0n) is 47.0. The molecule has 0 aliphatic rings. The van der Waals surface area contributed by atoms with Crippen LogP contribution in [0.4, 0.5) is 0 Å². The number of benzene rings is 1. The van der Waals surface area contributed by atoms with Crippen LogP contribution in [0.15, 0.2) is 73.1 Å². The fourth-order valence-corrected chi connectivity index (χ4v) is 18.4. The van der Waals surface area contributed by atoms with Crippen molar-refractivity contribution in [1.82, 2.24) is 27.5 Å². The molecule has 11 rings (SSSR count). The van der Waals surface area contributed by atoms with E-state index in [0.29, 0.717) is 25.0 Å². The number of unbranched alkanes of at least 4 members (excludes halogenated alkanes) is 8. The molecule has 2 unspecified atom stereocenters. The third kappa shape index (κ3) is 12.5. The van der Waals surface area contributed by atoms with Crippen molar-refractivity contribution >= 4 is 134 Å². The molecule has 0 saturated heterocycles. The number of hydrogen-bond donors (Lipinski definition) is 0. The number of rotatable bonds is 30. The Morgan fingerprint density at radius 2 is 0.800 bits per heavy atom. The third-order valence-electron chi connectivity index (χ3n) is 15.5. The van der Waals surface area contributed by atoms with E-state index in [9.17, 15) is 0 Å². The second-order valence-corrected chi connectivity index (χ2v) is 28.9. The highest BCUT2D eigenvalue weighted by Gasteiger charge is 2.28. The SMILES string of the molecule is CCCCCCc1ccc(-c2ccc(-c3ncc(-c4cc5c(OCC(CC)CCCC)c6sc(-c7cnc(-c8ccc(-c9ccc(CCCCCC)s9)s8)c8nsnc78)cc6c(OCC(CC)CCCC)c5s4)c4nsnc34)s2)s1. The van der Waals surface area contributed by atoms with Gasteiger partial charge in [0.1, 0.15) is 45.0 Å². The third-order valence-corrected chi connectivity index (χ3v) is 23.8. The minimum absolute atomic E-state index is 0.442. The van der Waals surface area contributed by atoms with Gasteiger partial charge in [0.25, 0.3) is 0 Å². The largest absolute Gasteiger partial charge is 0.491 e. The molecule has 0 aliphatic heterocycles. The molecule has 418 valence electrons. The van der Waals surface area contributed by atoms with E-state index in [1.807, 2.05) is 35.1 Å². The van der Waals surface area contributed by atoms with Crippen molar-refractivity contribution in [3.8, 4) is 73.0 Å². The Balaban J connectivity index is 0.979. The van der Waals surface area contributed by atoms with Crippen LogP contribution in [-0.2, 0) is 12.8 Å². The van der Waals surface area contributed by atoms with Crippen molar-refractivity contribution in [1.29, 1.82) is 0 Å². The predicted octanol–water partition coefficient (Wildman–Crippen LogP) is 22.6. The van der Waals surface area contributed by atoms with Crippen LogP contribution in [0.1, 0.15) is 154 Å². The van der Waals surface area contributed by atoms with E-state index in [1.54, 1.807) is 45.3 Å². The van der Waals surface area contributed by atoms with Crippen LogP contribution in [0.5, 0.6) is 11.5 Å². The second-order valence-electron chi connectivity index (χ2n) is 21.3. The van der Waals surface area contributed by atoms with E-state index < -0.39 is 0 Å². The summed E-state index contributed by atoms with van der Waals surface area (Å²) < 4.78 is 36.5. The predicted molar refractivity (Wildman–Crippen MR) is 352 cm³/mol. The number of nitrogens with zero attached hydrogens (tertiary/aromatic N) is 6. The fraction of sp³-hybridized carbons (Fsp3) is 0.438. The molecule has 0 spiro atoms. The molecule has 0 aliphatic carbocycles. The Hall–Kier alpha value is -4.52. The first kappa shape index (κ1) is 57.3. The standard InChI is InChI=1S/C64H72N6O2S8/c1-7-13-17-19-23-41-25-27-47(73-41)49-29-31-51(75-49)57-59-55(67-79-69-59)45(35-65-57)53-33-43-61(71-37-39(11-5)21-15-9-3)64-44(62(63(43)77-53)72-38-40(12-6)22-16-10-4)34-54(78-64)46-36-66-58(60-56(46)68-80-70-60)52-32-30-50(76-52)48-28-26-42(74-48)24-20-18-14-8-2/h25-36,39-40H,7-24,37-38H2,1-6H3. The van der Waals surface area contributed by atoms with Crippen molar-refractivity contribution in [3.63, 3.8) is 0 Å². The van der Waals surface area contributed by atoms with Crippen molar-refractivity contribution in [2.45, 2.75) is 157 Å². The number of thiophene rings is 6. The minimum atomic E-state index is 0.442. The van der Waals surface area contributed by atoms with E-state index in [4.69, 9.17) is 36.9 Å². The normalized spacial score (nSPS) is 12.8. The zero-order valence-corrected chi connectivity index (χ0v) is 53.5. The number of ether oxygens (including phenoxy) is 2. The van der Waals surface area contributed by atoms with E-state index in [1.165, 1.54) is 130 Å². The lowest BCUT2D eigenvalue weighted by Gasteiger charge is -2.19.